The van der Waals surface area contributed by atoms with Gasteiger partial charge in [0.2, 0.25) is 11.8 Å². The summed E-state index contributed by atoms with van der Waals surface area (Å²) in [4.78, 5) is 38.3. The number of nitrogens with zero attached hydrogens (tertiary/aromatic N) is 4. The lowest BCUT2D eigenvalue weighted by Crippen LogP contribution is -2.34. The van der Waals surface area contributed by atoms with Crippen LogP contribution in [-0.2, 0) is 16.1 Å². The van der Waals surface area contributed by atoms with E-state index in [2.05, 4.69) is 20.2 Å². The Morgan fingerprint density at radius 2 is 1.90 bits per heavy atom. The first-order valence-electron chi connectivity index (χ1n) is 10.8. The van der Waals surface area contributed by atoms with E-state index >= 15 is 0 Å². The molecule has 4 rings (SSSR count). The number of rotatable bonds is 6. The third-order valence-corrected chi connectivity index (χ3v) is 5.87. The van der Waals surface area contributed by atoms with Crippen LogP contribution in [-0.4, -0.2) is 48.5 Å². The molecule has 1 atom stereocenters. The van der Waals surface area contributed by atoms with Crippen molar-refractivity contribution in [2.24, 2.45) is 5.92 Å². The van der Waals surface area contributed by atoms with Gasteiger partial charge in [0.15, 0.2) is 0 Å². The highest BCUT2D eigenvalue weighted by atomic mass is 16.5. The van der Waals surface area contributed by atoms with Crippen LogP contribution in [0.2, 0.25) is 0 Å². The molecule has 0 aliphatic carbocycles. The molecule has 1 N–H and O–H groups in total. The van der Waals surface area contributed by atoms with Crippen molar-refractivity contribution in [3.05, 3.63) is 41.9 Å². The minimum atomic E-state index is -0.388. The zero-order valence-corrected chi connectivity index (χ0v) is 18.1. The molecule has 3 heterocycles. The van der Waals surface area contributed by atoms with Gasteiger partial charge in [0, 0.05) is 43.5 Å². The van der Waals surface area contributed by atoms with E-state index in [9.17, 15) is 9.59 Å². The number of aromatic nitrogens is 2. The summed E-state index contributed by atoms with van der Waals surface area (Å²) in [7, 11) is 1.60. The molecule has 2 saturated heterocycles. The standard InChI is InChI=1S/C23H29N5O3/c1-16-12-21(27-10-4-3-5-11-27)26-20(25-16)14-24-23(30)17-13-22(29)28(15-17)18-6-8-19(31-2)9-7-18/h6-9,12,17H,3-5,10-11,13-15H2,1-2H3,(H,24,30). The Labute approximate surface area is 182 Å². The summed E-state index contributed by atoms with van der Waals surface area (Å²) in [5.41, 5.74) is 1.66. The smallest absolute Gasteiger partial charge is 0.227 e. The second-order valence-corrected chi connectivity index (χ2v) is 8.15. The van der Waals surface area contributed by atoms with Crippen LogP contribution in [0.1, 0.15) is 37.2 Å². The molecule has 8 heteroatoms. The van der Waals surface area contributed by atoms with Gasteiger partial charge in [-0.1, -0.05) is 0 Å². The highest BCUT2D eigenvalue weighted by Crippen LogP contribution is 2.27. The first-order chi connectivity index (χ1) is 15.0. The average Bonchev–Trinajstić information content (AvgIpc) is 3.19. The van der Waals surface area contributed by atoms with E-state index in [0.29, 0.717) is 12.4 Å². The average molecular weight is 424 g/mol. The van der Waals surface area contributed by atoms with Gasteiger partial charge in [-0.15, -0.1) is 0 Å². The van der Waals surface area contributed by atoms with Gasteiger partial charge in [-0.25, -0.2) is 9.97 Å². The maximum atomic E-state index is 12.7. The molecule has 164 valence electrons. The van der Waals surface area contributed by atoms with Crippen molar-refractivity contribution in [1.29, 1.82) is 0 Å². The van der Waals surface area contributed by atoms with Crippen LogP contribution < -0.4 is 19.9 Å². The van der Waals surface area contributed by atoms with Gasteiger partial charge in [0.1, 0.15) is 17.4 Å². The predicted molar refractivity (Wildman–Crippen MR) is 118 cm³/mol. The van der Waals surface area contributed by atoms with E-state index in [1.165, 1.54) is 19.3 Å². The number of methoxy groups -OCH3 is 1. The number of amides is 2. The Morgan fingerprint density at radius 1 is 1.16 bits per heavy atom. The molecule has 2 aliphatic heterocycles. The van der Waals surface area contributed by atoms with Crippen molar-refractivity contribution < 1.29 is 14.3 Å². The van der Waals surface area contributed by atoms with Gasteiger partial charge >= 0.3 is 0 Å². The Morgan fingerprint density at radius 3 is 2.61 bits per heavy atom. The lowest BCUT2D eigenvalue weighted by atomic mass is 10.1. The van der Waals surface area contributed by atoms with Crippen LogP contribution in [0.15, 0.2) is 30.3 Å². The molecule has 2 aliphatic rings. The van der Waals surface area contributed by atoms with Gasteiger partial charge in [-0.2, -0.15) is 0 Å². The van der Waals surface area contributed by atoms with Crippen molar-refractivity contribution >= 4 is 23.3 Å². The first-order valence-corrected chi connectivity index (χ1v) is 10.8. The van der Waals surface area contributed by atoms with Gasteiger partial charge < -0.3 is 19.9 Å². The fourth-order valence-electron chi connectivity index (χ4n) is 4.18. The van der Waals surface area contributed by atoms with Gasteiger partial charge in [-0.3, -0.25) is 9.59 Å². The summed E-state index contributed by atoms with van der Waals surface area (Å²) < 4.78 is 5.16. The number of hydrogen-bond acceptors (Lipinski definition) is 6. The largest absolute Gasteiger partial charge is 0.497 e. The number of nitrogens with one attached hydrogen (secondary N) is 1. The van der Waals surface area contributed by atoms with Gasteiger partial charge in [0.05, 0.1) is 19.6 Å². The van der Waals surface area contributed by atoms with Crippen molar-refractivity contribution in [3.8, 4) is 5.75 Å². The van der Waals surface area contributed by atoms with E-state index in [1.807, 2.05) is 37.3 Å². The van der Waals surface area contributed by atoms with Crippen LogP contribution in [0.25, 0.3) is 0 Å². The van der Waals surface area contributed by atoms with Crippen molar-refractivity contribution in [3.63, 3.8) is 0 Å². The van der Waals surface area contributed by atoms with Gasteiger partial charge in [-0.05, 0) is 50.5 Å². The molecule has 8 nitrogen and oxygen atoms in total. The molecule has 2 fully saturated rings. The fourth-order valence-corrected chi connectivity index (χ4v) is 4.18. The summed E-state index contributed by atoms with van der Waals surface area (Å²) in [5, 5.41) is 2.93. The van der Waals surface area contributed by atoms with Crippen LogP contribution in [0, 0.1) is 12.8 Å². The van der Waals surface area contributed by atoms with Crippen LogP contribution >= 0.6 is 0 Å². The van der Waals surface area contributed by atoms with Crippen LogP contribution in [0.3, 0.4) is 0 Å². The molecule has 1 aromatic heterocycles. The molecule has 0 spiro atoms. The highest BCUT2D eigenvalue weighted by Gasteiger charge is 2.35. The van der Waals surface area contributed by atoms with E-state index in [-0.39, 0.29) is 30.7 Å². The SMILES string of the molecule is COc1ccc(N2CC(C(=O)NCc3nc(C)cc(N4CCCCC4)n3)CC2=O)cc1. The Bertz CT molecular complexity index is 941. The third-order valence-electron chi connectivity index (χ3n) is 5.87. The number of aryl methyl sites for hydroxylation is 1. The number of carbonyl (C=O) groups excluding carboxylic acids is 2. The van der Waals surface area contributed by atoms with Crippen molar-refractivity contribution in [1.82, 2.24) is 15.3 Å². The first kappa shape index (κ1) is 21.1. The van der Waals surface area contributed by atoms with Crippen LogP contribution in [0.5, 0.6) is 5.75 Å². The molecule has 1 unspecified atom stereocenters. The van der Waals surface area contributed by atoms with E-state index in [4.69, 9.17) is 4.74 Å². The topological polar surface area (TPSA) is 87.7 Å². The number of piperidine rings is 1. The molecular weight excluding hydrogens is 394 g/mol. The summed E-state index contributed by atoms with van der Waals surface area (Å²) in [6.07, 6.45) is 3.81. The lowest BCUT2D eigenvalue weighted by molar-refractivity contribution is -0.126. The molecule has 2 aromatic rings. The monoisotopic (exact) mass is 423 g/mol. The number of ether oxygens (including phenoxy) is 1. The number of anilines is 2. The zero-order chi connectivity index (χ0) is 21.8. The second kappa shape index (κ2) is 9.32. The molecule has 0 bridgehead atoms. The van der Waals surface area contributed by atoms with E-state index in [1.54, 1.807) is 12.0 Å². The number of carbonyl (C=O) groups is 2. The zero-order valence-electron chi connectivity index (χ0n) is 18.1. The lowest BCUT2D eigenvalue weighted by Gasteiger charge is -2.28. The minimum absolute atomic E-state index is 0.0514. The predicted octanol–water partition coefficient (Wildman–Crippen LogP) is 2.45. The molecular formula is C23H29N5O3. The molecule has 1 aromatic carbocycles. The summed E-state index contributed by atoms with van der Waals surface area (Å²) in [6, 6.07) is 9.29. The van der Waals surface area contributed by atoms with Gasteiger partial charge in [0.25, 0.3) is 0 Å². The summed E-state index contributed by atoms with van der Waals surface area (Å²) >= 11 is 0. The summed E-state index contributed by atoms with van der Waals surface area (Å²) in [6.45, 7) is 4.59. The van der Waals surface area contributed by atoms with Crippen molar-refractivity contribution in [2.75, 3.05) is 36.5 Å². The number of benzene rings is 1. The highest BCUT2D eigenvalue weighted by molar-refractivity contribution is 6.00. The maximum Gasteiger partial charge on any atom is 0.227 e. The molecule has 0 saturated carbocycles. The third kappa shape index (κ3) is 4.95. The Kier molecular flexibility index (Phi) is 6.34. The Balaban J connectivity index is 1.36. The van der Waals surface area contributed by atoms with Crippen LogP contribution in [0.4, 0.5) is 11.5 Å². The van der Waals surface area contributed by atoms with E-state index in [0.717, 1.165) is 36.0 Å². The molecule has 0 radical (unpaired) electrons. The second-order valence-electron chi connectivity index (χ2n) is 8.15. The molecule has 31 heavy (non-hydrogen) atoms. The number of hydrogen-bond donors (Lipinski definition) is 1. The summed E-state index contributed by atoms with van der Waals surface area (Å²) in [5.74, 6) is 1.68. The van der Waals surface area contributed by atoms with Crippen molar-refractivity contribution in [2.45, 2.75) is 39.2 Å². The Hall–Kier alpha value is -3.16. The normalized spacial score (nSPS) is 18.9. The minimum Gasteiger partial charge on any atom is -0.497 e. The van der Waals surface area contributed by atoms with E-state index < -0.39 is 0 Å². The maximum absolute atomic E-state index is 12.7. The fraction of sp³-hybridized carbons (Fsp3) is 0.478. The quantitative estimate of drug-likeness (QED) is 0.768. The molecule has 2 amide bonds.